The Balaban J connectivity index is 1.49. The molecule has 3 aliphatic rings. The van der Waals surface area contributed by atoms with Gasteiger partial charge in [-0.3, -0.25) is 0 Å². The lowest BCUT2D eigenvalue weighted by Crippen LogP contribution is -2.44. The van der Waals surface area contributed by atoms with Crippen LogP contribution in [-0.2, 0) is 0 Å². The maximum atomic E-state index is 3.43. The molecule has 14 heavy (non-hydrogen) atoms. The number of piperazine rings is 1. The molecule has 1 heterocycles. The highest BCUT2D eigenvalue weighted by molar-refractivity contribution is 5.05. The van der Waals surface area contributed by atoms with E-state index in [0.717, 1.165) is 11.3 Å². The van der Waals surface area contributed by atoms with E-state index in [2.05, 4.69) is 10.2 Å². The molecule has 2 heteroatoms. The molecule has 1 aliphatic heterocycles. The quantitative estimate of drug-likeness (QED) is 0.716. The molecule has 3 fully saturated rings. The van der Waals surface area contributed by atoms with E-state index in [9.17, 15) is 0 Å². The number of nitrogens with zero attached hydrogens (tertiary/aromatic N) is 1. The van der Waals surface area contributed by atoms with E-state index in [-0.39, 0.29) is 0 Å². The van der Waals surface area contributed by atoms with Crippen LogP contribution in [0, 0.1) is 11.3 Å². The topological polar surface area (TPSA) is 15.3 Å². The van der Waals surface area contributed by atoms with Gasteiger partial charge in [-0.1, -0.05) is 12.8 Å². The molecule has 2 nitrogen and oxygen atoms in total. The summed E-state index contributed by atoms with van der Waals surface area (Å²) in [5, 5.41) is 3.43. The van der Waals surface area contributed by atoms with Crippen molar-refractivity contribution in [2.75, 3.05) is 32.7 Å². The average Bonchev–Trinajstić information content (AvgIpc) is 2.67. The van der Waals surface area contributed by atoms with Gasteiger partial charge in [0.2, 0.25) is 0 Å². The number of nitrogens with one attached hydrogen (secondary N) is 1. The number of hydrogen-bond donors (Lipinski definition) is 1. The first-order valence-electron chi connectivity index (χ1n) is 6.32. The van der Waals surface area contributed by atoms with Crippen molar-refractivity contribution in [3.8, 4) is 0 Å². The van der Waals surface area contributed by atoms with Crippen LogP contribution in [0.25, 0.3) is 0 Å². The Labute approximate surface area is 87.0 Å². The van der Waals surface area contributed by atoms with Crippen LogP contribution in [0.3, 0.4) is 0 Å². The fraction of sp³-hybridized carbons (Fsp3) is 1.00. The summed E-state index contributed by atoms with van der Waals surface area (Å²) in [4.78, 5) is 2.67. The second-order valence-corrected chi connectivity index (χ2v) is 5.52. The van der Waals surface area contributed by atoms with E-state index in [1.165, 1.54) is 45.6 Å². The molecule has 0 amide bonds. The lowest BCUT2D eigenvalue weighted by Gasteiger charge is -2.27. The van der Waals surface area contributed by atoms with Gasteiger partial charge in [-0.2, -0.15) is 0 Å². The second kappa shape index (κ2) is 3.49. The Bertz CT molecular complexity index is 202. The third-order valence-corrected chi connectivity index (χ3v) is 4.65. The SMILES string of the molecule is C1CCC2(C1)CC2CN1CCNCC1. The summed E-state index contributed by atoms with van der Waals surface area (Å²) in [6.45, 7) is 6.39. The molecule has 3 rings (SSSR count). The molecule has 1 unspecified atom stereocenters. The lowest BCUT2D eigenvalue weighted by atomic mass is 10.0. The maximum Gasteiger partial charge on any atom is 0.0107 e. The molecule has 1 atom stereocenters. The second-order valence-electron chi connectivity index (χ2n) is 5.52. The largest absolute Gasteiger partial charge is 0.314 e. The zero-order chi connectivity index (χ0) is 9.43. The van der Waals surface area contributed by atoms with Crippen LogP contribution in [0.15, 0.2) is 0 Å². The van der Waals surface area contributed by atoms with Gasteiger partial charge in [0.15, 0.2) is 0 Å². The first-order chi connectivity index (χ1) is 6.89. The van der Waals surface area contributed by atoms with Gasteiger partial charge in [-0.25, -0.2) is 0 Å². The van der Waals surface area contributed by atoms with E-state index in [1.807, 2.05) is 0 Å². The van der Waals surface area contributed by atoms with Crippen LogP contribution in [0.2, 0.25) is 0 Å². The van der Waals surface area contributed by atoms with Crippen molar-refractivity contribution in [2.45, 2.75) is 32.1 Å². The first-order valence-corrected chi connectivity index (χ1v) is 6.32. The van der Waals surface area contributed by atoms with Gasteiger partial charge in [0.05, 0.1) is 0 Å². The molecule has 0 aromatic heterocycles. The summed E-state index contributed by atoms with van der Waals surface area (Å²) in [5.41, 5.74) is 0.852. The summed E-state index contributed by atoms with van der Waals surface area (Å²) < 4.78 is 0. The average molecular weight is 194 g/mol. The van der Waals surface area contributed by atoms with Gasteiger partial charge < -0.3 is 10.2 Å². The molecular formula is C12H22N2. The van der Waals surface area contributed by atoms with Crippen molar-refractivity contribution in [1.82, 2.24) is 10.2 Å². The number of hydrogen-bond acceptors (Lipinski definition) is 2. The molecule has 0 radical (unpaired) electrons. The fourth-order valence-corrected chi connectivity index (χ4v) is 3.59. The Morgan fingerprint density at radius 2 is 1.86 bits per heavy atom. The number of rotatable bonds is 2. The normalized spacial score (nSPS) is 36.4. The molecule has 0 aromatic carbocycles. The maximum absolute atomic E-state index is 3.43. The third kappa shape index (κ3) is 1.59. The Morgan fingerprint density at radius 1 is 1.14 bits per heavy atom. The summed E-state index contributed by atoms with van der Waals surface area (Å²) in [6, 6.07) is 0. The smallest absolute Gasteiger partial charge is 0.0107 e. The molecule has 2 aliphatic carbocycles. The van der Waals surface area contributed by atoms with Crippen molar-refractivity contribution in [1.29, 1.82) is 0 Å². The van der Waals surface area contributed by atoms with Crippen molar-refractivity contribution in [3.63, 3.8) is 0 Å². The molecule has 1 saturated heterocycles. The van der Waals surface area contributed by atoms with E-state index in [1.54, 1.807) is 19.3 Å². The van der Waals surface area contributed by atoms with Crippen LogP contribution in [-0.4, -0.2) is 37.6 Å². The van der Waals surface area contributed by atoms with Crippen LogP contribution in [0.5, 0.6) is 0 Å². The van der Waals surface area contributed by atoms with E-state index in [4.69, 9.17) is 0 Å². The van der Waals surface area contributed by atoms with Crippen LogP contribution >= 0.6 is 0 Å². The van der Waals surface area contributed by atoms with Crippen LogP contribution in [0.4, 0.5) is 0 Å². The highest BCUT2D eigenvalue weighted by Gasteiger charge is 2.54. The zero-order valence-electron chi connectivity index (χ0n) is 9.10. The fourth-order valence-electron chi connectivity index (χ4n) is 3.59. The molecule has 0 bridgehead atoms. The Hall–Kier alpha value is -0.0800. The summed E-state index contributed by atoms with van der Waals surface area (Å²) in [7, 11) is 0. The molecule has 1 spiro atoms. The molecule has 1 N–H and O–H groups in total. The van der Waals surface area contributed by atoms with Crippen LogP contribution in [0.1, 0.15) is 32.1 Å². The molecular weight excluding hydrogens is 172 g/mol. The summed E-state index contributed by atoms with van der Waals surface area (Å²) >= 11 is 0. The Morgan fingerprint density at radius 3 is 2.57 bits per heavy atom. The van der Waals surface area contributed by atoms with Crippen molar-refractivity contribution in [3.05, 3.63) is 0 Å². The monoisotopic (exact) mass is 194 g/mol. The van der Waals surface area contributed by atoms with Gasteiger partial charge in [-0.15, -0.1) is 0 Å². The van der Waals surface area contributed by atoms with Crippen molar-refractivity contribution >= 4 is 0 Å². The van der Waals surface area contributed by atoms with Crippen LogP contribution < -0.4 is 5.32 Å². The molecule has 80 valence electrons. The minimum Gasteiger partial charge on any atom is -0.314 e. The van der Waals surface area contributed by atoms with E-state index < -0.39 is 0 Å². The van der Waals surface area contributed by atoms with E-state index >= 15 is 0 Å². The lowest BCUT2D eigenvalue weighted by molar-refractivity contribution is 0.219. The van der Waals surface area contributed by atoms with Crippen molar-refractivity contribution < 1.29 is 0 Å². The molecule has 0 aromatic rings. The molecule has 2 saturated carbocycles. The first kappa shape index (κ1) is 9.17. The van der Waals surface area contributed by atoms with Gasteiger partial charge in [0, 0.05) is 32.7 Å². The van der Waals surface area contributed by atoms with Gasteiger partial charge in [-0.05, 0) is 30.6 Å². The van der Waals surface area contributed by atoms with Gasteiger partial charge >= 0.3 is 0 Å². The van der Waals surface area contributed by atoms with Crippen molar-refractivity contribution in [2.24, 2.45) is 11.3 Å². The van der Waals surface area contributed by atoms with E-state index in [0.29, 0.717) is 0 Å². The summed E-state index contributed by atoms with van der Waals surface area (Å²) in [5.74, 6) is 1.07. The third-order valence-electron chi connectivity index (χ3n) is 4.65. The Kier molecular flexibility index (Phi) is 2.29. The minimum atomic E-state index is 0.852. The highest BCUT2D eigenvalue weighted by atomic mass is 15.2. The van der Waals surface area contributed by atoms with Gasteiger partial charge in [0.25, 0.3) is 0 Å². The predicted molar refractivity (Wildman–Crippen MR) is 58.3 cm³/mol. The van der Waals surface area contributed by atoms with Gasteiger partial charge in [0.1, 0.15) is 0 Å². The minimum absolute atomic E-state index is 0.852. The zero-order valence-corrected chi connectivity index (χ0v) is 9.10. The standard InChI is InChI=1S/C12H22N2/c1-2-4-12(3-1)9-11(12)10-14-7-5-13-6-8-14/h11,13H,1-10H2. The predicted octanol–water partition coefficient (Wildman–Crippen LogP) is 1.47. The summed E-state index contributed by atoms with van der Waals surface area (Å²) in [6.07, 6.45) is 7.67. The highest BCUT2D eigenvalue weighted by Crippen LogP contribution is 2.62.